The molecule has 1 heterocycles. The Hall–Kier alpha value is -2.02. The molecule has 0 saturated carbocycles. The molecule has 7 heteroatoms. The monoisotopic (exact) mass is 421 g/mol. The zero-order valence-corrected chi connectivity index (χ0v) is 17.9. The minimum Gasteiger partial charge on any atom is -0.302 e. The second kappa shape index (κ2) is 9.96. The smallest absolute Gasteiger partial charge is 0.263 e. The Morgan fingerprint density at radius 3 is 2.50 bits per heavy atom. The largest absolute Gasteiger partial charge is 0.302 e. The summed E-state index contributed by atoms with van der Waals surface area (Å²) in [4.78, 5) is 21.6. The van der Waals surface area contributed by atoms with Crippen molar-refractivity contribution in [3.8, 4) is 0 Å². The van der Waals surface area contributed by atoms with Crippen molar-refractivity contribution in [3.05, 3.63) is 59.4 Å². The van der Waals surface area contributed by atoms with Crippen LogP contribution >= 0.6 is 23.7 Å². The number of carbonyl (C=O) groups is 1. The molecule has 0 aliphatic carbocycles. The highest BCUT2D eigenvalue weighted by atomic mass is 35.5. The summed E-state index contributed by atoms with van der Waals surface area (Å²) in [6.07, 6.45) is 0. The Kier molecular flexibility index (Phi) is 7.92. The summed E-state index contributed by atoms with van der Waals surface area (Å²) < 4.78 is 15.3. The van der Waals surface area contributed by atoms with Crippen molar-refractivity contribution < 1.29 is 9.18 Å². The Morgan fingerprint density at radius 2 is 1.82 bits per heavy atom. The van der Waals surface area contributed by atoms with E-state index in [1.54, 1.807) is 17.0 Å². The van der Waals surface area contributed by atoms with Crippen molar-refractivity contribution in [2.24, 2.45) is 0 Å². The van der Waals surface area contributed by atoms with Crippen LogP contribution in [0.3, 0.4) is 0 Å². The van der Waals surface area contributed by atoms with E-state index in [0.29, 0.717) is 18.2 Å². The lowest BCUT2D eigenvalue weighted by molar-refractivity contribution is 0.0980. The number of thiazole rings is 1. The SMILES string of the molecule is CCN(CC)CCN(C(=O)c1ccccc1F)c1nc2ccc(C)cc2s1.Cl. The Morgan fingerprint density at radius 1 is 1.11 bits per heavy atom. The first-order chi connectivity index (χ1) is 13.0. The van der Waals surface area contributed by atoms with E-state index in [1.165, 1.54) is 23.5 Å². The number of anilines is 1. The van der Waals surface area contributed by atoms with Crippen molar-refractivity contribution in [1.82, 2.24) is 9.88 Å². The molecule has 3 rings (SSSR count). The molecule has 2 aromatic carbocycles. The Bertz CT molecular complexity index is 942. The van der Waals surface area contributed by atoms with Crippen molar-refractivity contribution >= 4 is 45.0 Å². The summed E-state index contributed by atoms with van der Waals surface area (Å²) in [7, 11) is 0. The minimum absolute atomic E-state index is 0. The molecule has 28 heavy (non-hydrogen) atoms. The third kappa shape index (κ3) is 4.87. The number of hydrogen-bond donors (Lipinski definition) is 0. The predicted octanol–water partition coefficient (Wildman–Crippen LogP) is 5.15. The molecule has 4 nitrogen and oxygen atoms in total. The number of halogens is 2. The van der Waals surface area contributed by atoms with Gasteiger partial charge in [0, 0.05) is 13.1 Å². The molecule has 3 aromatic rings. The van der Waals surface area contributed by atoms with Crippen LogP contribution in [-0.2, 0) is 0 Å². The number of hydrogen-bond acceptors (Lipinski definition) is 4. The molecule has 0 fully saturated rings. The Labute approximate surface area is 175 Å². The standard InChI is InChI=1S/C21H24FN3OS.ClH/c1-4-24(5-2)12-13-25(20(26)16-8-6-7-9-17(16)22)21-23-18-11-10-15(3)14-19(18)27-21;/h6-11,14H,4-5,12-13H2,1-3H3;1H. The van der Waals surface area contributed by atoms with Gasteiger partial charge < -0.3 is 4.90 Å². The maximum absolute atomic E-state index is 14.2. The van der Waals surface area contributed by atoms with Gasteiger partial charge in [0.15, 0.2) is 5.13 Å². The van der Waals surface area contributed by atoms with Crippen LogP contribution < -0.4 is 4.90 Å². The topological polar surface area (TPSA) is 36.4 Å². The van der Waals surface area contributed by atoms with Crippen LogP contribution in [0.5, 0.6) is 0 Å². The molecule has 0 spiro atoms. The molecule has 0 radical (unpaired) electrons. The van der Waals surface area contributed by atoms with Gasteiger partial charge in [0.1, 0.15) is 5.82 Å². The highest BCUT2D eigenvalue weighted by Gasteiger charge is 2.24. The maximum atomic E-state index is 14.2. The van der Waals surface area contributed by atoms with Crippen LogP contribution in [0.15, 0.2) is 42.5 Å². The van der Waals surface area contributed by atoms with Gasteiger partial charge >= 0.3 is 0 Å². The van der Waals surface area contributed by atoms with E-state index in [0.717, 1.165) is 28.9 Å². The fraction of sp³-hybridized carbons (Fsp3) is 0.333. The normalized spacial score (nSPS) is 10.9. The minimum atomic E-state index is -0.507. The molecule has 0 N–H and O–H groups in total. The predicted molar refractivity (Wildman–Crippen MR) is 117 cm³/mol. The number of aromatic nitrogens is 1. The third-order valence-corrected chi connectivity index (χ3v) is 5.69. The molecular formula is C21H25ClFN3OS. The van der Waals surface area contributed by atoms with Crippen molar-refractivity contribution in [2.75, 3.05) is 31.1 Å². The average molecular weight is 422 g/mol. The lowest BCUT2D eigenvalue weighted by atomic mass is 10.2. The Balaban J connectivity index is 0.00000280. The first-order valence-electron chi connectivity index (χ1n) is 9.19. The summed E-state index contributed by atoms with van der Waals surface area (Å²) in [5.41, 5.74) is 2.08. The van der Waals surface area contributed by atoms with Gasteiger partial charge in [-0.1, -0.05) is 43.4 Å². The third-order valence-electron chi connectivity index (χ3n) is 4.65. The van der Waals surface area contributed by atoms with Gasteiger partial charge in [0.25, 0.3) is 5.91 Å². The fourth-order valence-electron chi connectivity index (χ4n) is 2.98. The zero-order chi connectivity index (χ0) is 19.4. The van der Waals surface area contributed by atoms with E-state index in [9.17, 15) is 9.18 Å². The van der Waals surface area contributed by atoms with Crippen LogP contribution in [-0.4, -0.2) is 42.0 Å². The molecule has 0 atom stereocenters. The number of rotatable bonds is 7. The fourth-order valence-corrected chi connectivity index (χ4v) is 4.07. The first kappa shape index (κ1) is 22.3. The van der Waals surface area contributed by atoms with Crippen LogP contribution in [0.2, 0.25) is 0 Å². The number of aryl methyl sites for hydroxylation is 1. The van der Waals surface area contributed by atoms with E-state index in [-0.39, 0.29) is 23.9 Å². The maximum Gasteiger partial charge on any atom is 0.263 e. The lowest BCUT2D eigenvalue weighted by Crippen LogP contribution is -2.39. The number of fused-ring (bicyclic) bond motifs is 1. The summed E-state index contributed by atoms with van der Waals surface area (Å²) in [6, 6.07) is 12.1. The number of amides is 1. The van der Waals surface area contributed by atoms with Crippen molar-refractivity contribution in [1.29, 1.82) is 0 Å². The molecule has 1 amide bonds. The van der Waals surface area contributed by atoms with E-state index >= 15 is 0 Å². The molecule has 150 valence electrons. The average Bonchev–Trinajstić information content (AvgIpc) is 3.08. The number of benzene rings is 2. The van der Waals surface area contributed by atoms with Crippen molar-refractivity contribution in [3.63, 3.8) is 0 Å². The molecule has 0 unspecified atom stereocenters. The van der Waals surface area contributed by atoms with Crippen molar-refractivity contribution in [2.45, 2.75) is 20.8 Å². The molecule has 1 aromatic heterocycles. The summed E-state index contributed by atoms with van der Waals surface area (Å²) in [5, 5.41) is 0.607. The lowest BCUT2D eigenvalue weighted by Gasteiger charge is -2.24. The van der Waals surface area contributed by atoms with E-state index in [1.807, 2.05) is 19.1 Å². The highest BCUT2D eigenvalue weighted by Crippen LogP contribution is 2.30. The summed E-state index contributed by atoms with van der Waals surface area (Å²) >= 11 is 1.47. The molecule has 0 aliphatic rings. The second-order valence-corrected chi connectivity index (χ2v) is 7.44. The quantitative estimate of drug-likeness (QED) is 0.529. The number of nitrogens with zero attached hydrogens (tertiary/aromatic N) is 3. The van der Waals surface area contributed by atoms with Gasteiger partial charge in [-0.05, 0) is 49.8 Å². The van der Waals surface area contributed by atoms with Gasteiger partial charge in [-0.3, -0.25) is 9.69 Å². The highest BCUT2D eigenvalue weighted by molar-refractivity contribution is 7.22. The molecular weight excluding hydrogens is 397 g/mol. The van der Waals surface area contributed by atoms with Gasteiger partial charge in [-0.25, -0.2) is 9.37 Å². The molecule has 0 bridgehead atoms. The summed E-state index contributed by atoms with van der Waals surface area (Å²) in [6.45, 7) is 9.19. The number of carbonyl (C=O) groups excluding carboxylic acids is 1. The van der Waals surface area contributed by atoms with Crippen LogP contribution in [0, 0.1) is 12.7 Å². The van der Waals surface area contributed by atoms with E-state index in [2.05, 4.69) is 29.8 Å². The zero-order valence-electron chi connectivity index (χ0n) is 16.3. The molecule has 0 saturated heterocycles. The number of likely N-dealkylation sites (N-methyl/N-ethyl adjacent to an activating group) is 1. The van der Waals surface area contributed by atoms with E-state index in [4.69, 9.17) is 0 Å². The van der Waals surface area contributed by atoms with Gasteiger partial charge in [0.2, 0.25) is 0 Å². The second-order valence-electron chi connectivity index (χ2n) is 6.43. The first-order valence-corrected chi connectivity index (χ1v) is 10.0. The van der Waals surface area contributed by atoms with Gasteiger partial charge in [-0.15, -0.1) is 12.4 Å². The van der Waals surface area contributed by atoms with Crippen LogP contribution in [0.25, 0.3) is 10.2 Å². The van der Waals surface area contributed by atoms with Gasteiger partial charge in [0.05, 0.1) is 15.8 Å². The molecule has 0 aliphatic heterocycles. The summed E-state index contributed by atoms with van der Waals surface area (Å²) in [5.74, 6) is -0.858. The van der Waals surface area contributed by atoms with Gasteiger partial charge in [-0.2, -0.15) is 0 Å². The van der Waals surface area contributed by atoms with Crippen LogP contribution in [0.1, 0.15) is 29.8 Å². The van der Waals surface area contributed by atoms with Crippen LogP contribution in [0.4, 0.5) is 9.52 Å². The van der Waals surface area contributed by atoms with E-state index < -0.39 is 5.82 Å².